The van der Waals surface area contributed by atoms with Crippen LogP contribution in [0.1, 0.15) is 26.3 Å². The predicted octanol–water partition coefficient (Wildman–Crippen LogP) is 3.74. The van der Waals surface area contributed by atoms with Crippen molar-refractivity contribution in [1.82, 2.24) is 0 Å². The van der Waals surface area contributed by atoms with Crippen molar-refractivity contribution in [3.05, 3.63) is 63.9 Å². The summed E-state index contributed by atoms with van der Waals surface area (Å²) in [6.45, 7) is 1.83. The van der Waals surface area contributed by atoms with E-state index in [0.29, 0.717) is 0 Å². The van der Waals surface area contributed by atoms with Gasteiger partial charge >= 0.3 is 5.97 Å². The van der Waals surface area contributed by atoms with E-state index in [0.717, 1.165) is 11.6 Å². The van der Waals surface area contributed by atoms with Crippen molar-refractivity contribution in [3.8, 4) is 0 Å². The van der Waals surface area contributed by atoms with Gasteiger partial charge in [0.1, 0.15) is 5.82 Å². The Bertz CT molecular complexity index is 731. The van der Waals surface area contributed by atoms with Gasteiger partial charge < -0.3 is 10.4 Å². The number of hydrogen-bond acceptors (Lipinski definition) is 2. The van der Waals surface area contributed by atoms with Crippen LogP contribution in [-0.4, -0.2) is 17.0 Å². The number of carbonyl (C=O) groups excluding carboxylic acids is 1. The first-order chi connectivity index (χ1) is 9.88. The van der Waals surface area contributed by atoms with Crippen LogP contribution in [0.25, 0.3) is 0 Å². The van der Waals surface area contributed by atoms with E-state index < -0.39 is 17.7 Å². The number of nitrogens with one attached hydrogen (secondary N) is 1. The lowest BCUT2D eigenvalue weighted by Gasteiger charge is -2.08. The first-order valence-corrected chi connectivity index (χ1v) is 6.36. The molecule has 4 nitrogen and oxygen atoms in total. The fraction of sp³-hybridized carbons (Fsp3) is 0.0667. The number of anilines is 1. The smallest absolute Gasteiger partial charge is 0.335 e. The zero-order valence-corrected chi connectivity index (χ0v) is 11.7. The van der Waals surface area contributed by atoms with Crippen LogP contribution < -0.4 is 5.32 Å². The number of carboxylic acid groups (broad SMARTS) is 1. The highest BCUT2D eigenvalue weighted by molar-refractivity contribution is 6.34. The van der Waals surface area contributed by atoms with Crippen molar-refractivity contribution in [2.45, 2.75) is 6.92 Å². The molecule has 1 amide bonds. The maximum atomic E-state index is 13.7. The molecule has 2 N–H and O–H groups in total. The number of hydrogen-bond donors (Lipinski definition) is 2. The van der Waals surface area contributed by atoms with Gasteiger partial charge in [0.25, 0.3) is 5.91 Å². The number of aromatic carboxylic acids is 1. The van der Waals surface area contributed by atoms with Gasteiger partial charge in [-0.2, -0.15) is 0 Å². The molecule has 2 aromatic rings. The molecule has 2 aromatic carbocycles. The average molecular weight is 308 g/mol. The van der Waals surface area contributed by atoms with Gasteiger partial charge in [0, 0.05) is 0 Å². The van der Waals surface area contributed by atoms with Crippen LogP contribution in [-0.2, 0) is 0 Å². The molecule has 0 bridgehead atoms. The van der Waals surface area contributed by atoms with E-state index in [9.17, 15) is 14.0 Å². The molecule has 2 rings (SSSR count). The van der Waals surface area contributed by atoms with Gasteiger partial charge in [-0.25, -0.2) is 9.18 Å². The van der Waals surface area contributed by atoms with Gasteiger partial charge in [-0.3, -0.25) is 4.79 Å². The Morgan fingerprint density at radius 3 is 2.48 bits per heavy atom. The summed E-state index contributed by atoms with van der Waals surface area (Å²) < 4.78 is 13.7. The van der Waals surface area contributed by atoms with Crippen LogP contribution >= 0.6 is 11.6 Å². The molecule has 108 valence electrons. The molecule has 0 aromatic heterocycles. The zero-order chi connectivity index (χ0) is 15.6. The third kappa shape index (κ3) is 3.38. The van der Waals surface area contributed by atoms with E-state index in [2.05, 4.69) is 5.32 Å². The predicted molar refractivity (Wildman–Crippen MR) is 77.5 cm³/mol. The highest BCUT2D eigenvalue weighted by Gasteiger charge is 2.14. The minimum absolute atomic E-state index is 0.110. The van der Waals surface area contributed by atoms with Gasteiger partial charge in [-0.1, -0.05) is 17.7 Å². The van der Waals surface area contributed by atoms with Crippen LogP contribution in [0.5, 0.6) is 0 Å². The van der Waals surface area contributed by atoms with E-state index >= 15 is 0 Å². The quantitative estimate of drug-likeness (QED) is 0.907. The van der Waals surface area contributed by atoms with Crippen molar-refractivity contribution in [2.75, 3.05) is 5.32 Å². The summed E-state index contributed by atoms with van der Waals surface area (Å²) in [4.78, 5) is 22.8. The van der Waals surface area contributed by atoms with Crippen molar-refractivity contribution >= 4 is 29.2 Å². The molecule has 0 unspecified atom stereocenters. The summed E-state index contributed by atoms with van der Waals surface area (Å²) in [6.07, 6.45) is 0. The largest absolute Gasteiger partial charge is 0.478 e. The Morgan fingerprint density at radius 1 is 1.19 bits per heavy atom. The number of halogens is 2. The third-order valence-corrected chi connectivity index (χ3v) is 3.15. The minimum atomic E-state index is -1.24. The monoisotopic (exact) mass is 307 g/mol. The highest BCUT2D eigenvalue weighted by Crippen LogP contribution is 2.21. The fourth-order valence-corrected chi connectivity index (χ4v) is 2.06. The molecular weight excluding hydrogens is 297 g/mol. The lowest BCUT2D eigenvalue weighted by atomic mass is 10.1. The SMILES string of the molecule is Cc1ccc(C(=O)Nc2ccc(C(=O)O)cc2F)c(Cl)c1. The van der Waals surface area contributed by atoms with Crippen LogP contribution in [0.2, 0.25) is 5.02 Å². The standard InChI is InChI=1S/C15H11ClFNO3/c1-8-2-4-10(11(16)6-8)14(19)18-13-5-3-9(15(20)21)7-12(13)17/h2-7H,1H3,(H,18,19)(H,20,21). The van der Waals surface area contributed by atoms with Crippen LogP contribution in [0, 0.1) is 12.7 Å². The number of carboxylic acids is 1. The zero-order valence-electron chi connectivity index (χ0n) is 11.0. The second-order valence-electron chi connectivity index (χ2n) is 4.44. The van der Waals surface area contributed by atoms with E-state index in [1.807, 2.05) is 6.92 Å². The molecule has 0 spiro atoms. The number of aryl methyl sites for hydroxylation is 1. The molecule has 0 saturated heterocycles. The Balaban J connectivity index is 2.25. The molecular formula is C15H11ClFNO3. The van der Waals surface area contributed by atoms with Gasteiger partial charge in [0.2, 0.25) is 0 Å². The van der Waals surface area contributed by atoms with Crippen molar-refractivity contribution in [3.63, 3.8) is 0 Å². The number of amides is 1. The third-order valence-electron chi connectivity index (χ3n) is 2.83. The molecule has 21 heavy (non-hydrogen) atoms. The van der Waals surface area contributed by atoms with E-state index in [1.165, 1.54) is 18.2 Å². The summed E-state index contributed by atoms with van der Waals surface area (Å²) in [5.74, 6) is -2.64. The van der Waals surface area contributed by atoms with Crippen LogP contribution in [0.4, 0.5) is 10.1 Å². The molecule has 0 aliphatic heterocycles. The molecule has 0 radical (unpaired) electrons. The summed E-state index contributed by atoms with van der Waals surface area (Å²) in [7, 11) is 0. The summed E-state index contributed by atoms with van der Waals surface area (Å²) in [6, 6.07) is 8.12. The molecule has 6 heteroatoms. The van der Waals surface area contributed by atoms with Gasteiger partial charge in [0.15, 0.2) is 0 Å². The lowest BCUT2D eigenvalue weighted by Crippen LogP contribution is -2.14. The number of benzene rings is 2. The Kier molecular flexibility index (Phi) is 4.23. The highest BCUT2D eigenvalue weighted by atomic mass is 35.5. The Labute approximate surface area is 125 Å². The molecule has 0 fully saturated rings. The second-order valence-corrected chi connectivity index (χ2v) is 4.84. The Morgan fingerprint density at radius 2 is 1.90 bits per heavy atom. The molecule has 0 saturated carbocycles. The normalized spacial score (nSPS) is 10.2. The average Bonchev–Trinajstić information content (AvgIpc) is 2.40. The minimum Gasteiger partial charge on any atom is -0.478 e. The van der Waals surface area contributed by atoms with Crippen molar-refractivity contribution in [1.29, 1.82) is 0 Å². The number of rotatable bonds is 3. The van der Waals surface area contributed by atoms with Gasteiger partial charge in [0.05, 0.1) is 21.8 Å². The summed E-state index contributed by atoms with van der Waals surface area (Å²) >= 11 is 5.96. The van der Waals surface area contributed by atoms with E-state index in [-0.39, 0.29) is 21.8 Å². The van der Waals surface area contributed by atoms with Gasteiger partial charge in [-0.15, -0.1) is 0 Å². The topological polar surface area (TPSA) is 66.4 Å². The van der Waals surface area contributed by atoms with Crippen molar-refractivity contribution < 1.29 is 19.1 Å². The summed E-state index contributed by atoms with van der Waals surface area (Å²) in [5, 5.41) is 11.4. The van der Waals surface area contributed by atoms with Crippen LogP contribution in [0.15, 0.2) is 36.4 Å². The number of carbonyl (C=O) groups is 2. The fourth-order valence-electron chi connectivity index (χ4n) is 1.74. The van der Waals surface area contributed by atoms with E-state index in [1.54, 1.807) is 12.1 Å². The lowest BCUT2D eigenvalue weighted by molar-refractivity contribution is 0.0696. The maximum Gasteiger partial charge on any atom is 0.335 e. The van der Waals surface area contributed by atoms with Crippen molar-refractivity contribution in [2.24, 2.45) is 0 Å². The second kappa shape index (κ2) is 5.93. The van der Waals surface area contributed by atoms with E-state index in [4.69, 9.17) is 16.7 Å². The van der Waals surface area contributed by atoms with Gasteiger partial charge in [-0.05, 0) is 42.8 Å². The first-order valence-electron chi connectivity index (χ1n) is 5.99. The Hall–Kier alpha value is -2.40. The molecule has 0 aliphatic rings. The molecule has 0 heterocycles. The van der Waals surface area contributed by atoms with Crippen LogP contribution in [0.3, 0.4) is 0 Å². The molecule has 0 aliphatic carbocycles. The first kappa shape index (κ1) is 15.0. The maximum absolute atomic E-state index is 13.7. The molecule has 0 atom stereocenters. The summed E-state index contributed by atoms with van der Waals surface area (Å²) in [5.41, 5.74) is 0.804.